The van der Waals surface area contributed by atoms with Crippen LogP contribution in [0.5, 0.6) is 0 Å². The molecule has 0 atom stereocenters. The second-order valence-corrected chi connectivity index (χ2v) is 6.41. The fraction of sp³-hybridized carbons (Fsp3) is 0.588. The number of halogens is 1. The Bertz CT molecular complexity index is 626. The van der Waals surface area contributed by atoms with E-state index in [2.05, 4.69) is 16.5 Å². The number of aromatic nitrogens is 2. The van der Waals surface area contributed by atoms with Gasteiger partial charge < -0.3 is 10.3 Å². The highest BCUT2D eigenvalue weighted by atomic mass is 19.1. The summed E-state index contributed by atoms with van der Waals surface area (Å²) >= 11 is 0. The summed E-state index contributed by atoms with van der Waals surface area (Å²) in [7, 11) is 0. The first kappa shape index (κ1) is 14.5. The minimum atomic E-state index is -0.227. The average Bonchev–Trinajstić information content (AvgIpc) is 2.76. The summed E-state index contributed by atoms with van der Waals surface area (Å²) in [4.78, 5) is 4.67. The van der Waals surface area contributed by atoms with E-state index in [9.17, 15) is 4.39 Å². The number of fused-ring (bicyclic) bond motifs is 1. The molecule has 1 aromatic carbocycles. The van der Waals surface area contributed by atoms with E-state index in [1.807, 2.05) is 6.07 Å². The van der Waals surface area contributed by atoms with Gasteiger partial charge in [0.05, 0.1) is 11.0 Å². The van der Waals surface area contributed by atoms with Gasteiger partial charge in [-0.3, -0.25) is 0 Å². The van der Waals surface area contributed by atoms with Crippen molar-refractivity contribution >= 4 is 11.0 Å². The number of benzene rings is 1. The SMILES string of the molecule is CCCn1c(CC2(N)CCCCC2)nc2cc(F)ccc21. The Hall–Kier alpha value is -1.42. The Balaban J connectivity index is 1.98. The molecule has 3 nitrogen and oxygen atoms in total. The van der Waals surface area contributed by atoms with Gasteiger partial charge in [0, 0.05) is 24.6 Å². The van der Waals surface area contributed by atoms with Crippen LogP contribution in [-0.4, -0.2) is 15.1 Å². The highest BCUT2D eigenvalue weighted by Gasteiger charge is 2.29. The third kappa shape index (κ3) is 2.95. The first-order chi connectivity index (χ1) is 10.1. The van der Waals surface area contributed by atoms with Gasteiger partial charge >= 0.3 is 0 Å². The lowest BCUT2D eigenvalue weighted by Gasteiger charge is -2.33. The molecule has 0 amide bonds. The standard InChI is InChI=1S/C17H24FN3/c1-2-10-21-15-7-6-13(18)11-14(15)20-16(21)12-17(19)8-4-3-5-9-17/h6-7,11H,2-5,8-10,12,19H2,1H3. The maximum absolute atomic E-state index is 13.4. The Morgan fingerprint density at radius 1 is 1.29 bits per heavy atom. The lowest BCUT2D eigenvalue weighted by Crippen LogP contribution is -2.44. The highest BCUT2D eigenvalue weighted by Crippen LogP contribution is 2.30. The summed E-state index contributed by atoms with van der Waals surface area (Å²) < 4.78 is 15.6. The molecule has 1 fully saturated rings. The first-order valence-corrected chi connectivity index (χ1v) is 8.05. The van der Waals surface area contributed by atoms with Gasteiger partial charge in [-0.15, -0.1) is 0 Å². The average molecular weight is 289 g/mol. The predicted molar refractivity (Wildman–Crippen MR) is 83.7 cm³/mol. The van der Waals surface area contributed by atoms with Crippen LogP contribution in [0.2, 0.25) is 0 Å². The topological polar surface area (TPSA) is 43.8 Å². The van der Waals surface area contributed by atoms with Crippen molar-refractivity contribution in [2.75, 3.05) is 0 Å². The zero-order valence-corrected chi connectivity index (χ0v) is 12.7. The van der Waals surface area contributed by atoms with Crippen molar-refractivity contribution in [3.05, 3.63) is 29.8 Å². The molecule has 2 N–H and O–H groups in total. The van der Waals surface area contributed by atoms with Crippen LogP contribution in [0.15, 0.2) is 18.2 Å². The molecule has 1 aromatic heterocycles. The van der Waals surface area contributed by atoms with Crippen molar-refractivity contribution in [1.82, 2.24) is 9.55 Å². The second-order valence-electron chi connectivity index (χ2n) is 6.41. The predicted octanol–water partition coefficient (Wildman–Crippen LogP) is 3.79. The molecule has 1 aliphatic carbocycles. The zero-order chi connectivity index (χ0) is 14.9. The van der Waals surface area contributed by atoms with Gasteiger partial charge in [-0.05, 0) is 31.4 Å². The molecular weight excluding hydrogens is 265 g/mol. The first-order valence-electron chi connectivity index (χ1n) is 8.05. The van der Waals surface area contributed by atoms with Crippen LogP contribution >= 0.6 is 0 Å². The zero-order valence-electron chi connectivity index (χ0n) is 12.7. The van der Waals surface area contributed by atoms with E-state index >= 15 is 0 Å². The van der Waals surface area contributed by atoms with Gasteiger partial charge in [0.25, 0.3) is 0 Å². The van der Waals surface area contributed by atoms with Crippen LogP contribution in [0.1, 0.15) is 51.3 Å². The molecule has 114 valence electrons. The van der Waals surface area contributed by atoms with Crippen molar-refractivity contribution in [2.24, 2.45) is 5.73 Å². The van der Waals surface area contributed by atoms with Gasteiger partial charge in [0.15, 0.2) is 0 Å². The molecule has 0 unspecified atom stereocenters. The third-order valence-electron chi connectivity index (χ3n) is 4.60. The minimum absolute atomic E-state index is 0.135. The summed E-state index contributed by atoms with van der Waals surface area (Å²) in [6, 6.07) is 4.87. The molecule has 2 aromatic rings. The fourth-order valence-corrected chi connectivity index (χ4v) is 3.51. The van der Waals surface area contributed by atoms with Crippen LogP contribution in [0.25, 0.3) is 11.0 Å². The molecule has 4 heteroatoms. The number of hydrogen-bond donors (Lipinski definition) is 1. The van der Waals surface area contributed by atoms with Crippen LogP contribution in [0.4, 0.5) is 4.39 Å². The van der Waals surface area contributed by atoms with Crippen molar-refractivity contribution in [3.8, 4) is 0 Å². The summed E-state index contributed by atoms with van der Waals surface area (Å²) in [6.07, 6.45) is 7.66. The van der Waals surface area contributed by atoms with Crippen molar-refractivity contribution in [3.63, 3.8) is 0 Å². The van der Waals surface area contributed by atoms with Crippen LogP contribution in [-0.2, 0) is 13.0 Å². The molecule has 3 rings (SSSR count). The monoisotopic (exact) mass is 289 g/mol. The molecular formula is C17H24FN3. The molecule has 0 radical (unpaired) electrons. The molecule has 0 spiro atoms. The van der Waals surface area contributed by atoms with E-state index in [0.717, 1.165) is 49.1 Å². The molecule has 0 saturated heterocycles. The second kappa shape index (κ2) is 5.76. The molecule has 1 saturated carbocycles. The third-order valence-corrected chi connectivity index (χ3v) is 4.60. The van der Waals surface area contributed by atoms with Crippen molar-refractivity contribution in [1.29, 1.82) is 0 Å². The van der Waals surface area contributed by atoms with Crippen LogP contribution in [0, 0.1) is 5.82 Å². The van der Waals surface area contributed by atoms with E-state index in [1.165, 1.54) is 31.4 Å². The van der Waals surface area contributed by atoms with E-state index in [-0.39, 0.29) is 11.4 Å². The summed E-state index contributed by atoms with van der Waals surface area (Å²) in [5.74, 6) is 0.789. The summed E-state index contributed by atoms with van der Waals surface area (Å²) in [5.41, 5.74) is 8.21. The number of hydrogen-bond acceptors (Lipinski definition) is 2. The van der Waals surface area contributed by atoms with Gasteiger partial charge in [-0.2, -0.15) is 0 Å². The van der Waals surface area contributed by atoms with E-state index in [1.54, 1.807) is 0 Å². The number of nitrogens with zero attached hydrogens (tertiary/aromatic N) is 2. The Labute approximate surface area is 125 Å². The minimum Gasteiger partial charge on any atom is -0.328 e. The lowest BCUT2D eigenvalue weighted by molar-refractivity contribution is 0.287. The van der Waals surface area contributed by atoms with Crippen molar-refractivity contribution in [2.45, 2.75) is 64.0 Å². The van der Waals surface area contributed by atoms with Crippen LogP contribution in [0.3, 0.4) is 0 Å². The number of rotatable bonds is 4. The lowest BCUT2D eigenvalue weighted by atomic mass is 9.80. The Kier molecular flexibility index (Phi) is 3.98. The van der Waals surface area contributed by atoms with E-state index < -0.39 is 0 Å². The van der Waals surface area contributed by atoms with Gasteiger partial charge in [-0.25, -0.2) is 9.37 Å². The quantitative estimate of drug-likeness (QED) is 0.930. The summed E-state index contributed by atoms with van der Waals surface area (Å²) in [5, 5.41) is 0. The van der Waals surface area contributed by atoms with Crippen LogP contribution < -0.4 is 5.73 Å². The van der Waals surface area contributed by atoms with Gasteiger partial charge in [0.2, 0.25) is 0 Å². The molecule has 1 heterocycles. The Morgan fingerprint density at radius 3 is 2.76 bits per heavy atom. The molecule has 0 bridgehead atoms. The highest BCUT2D eigenvalue weighted by molar-refractivity contribution is 5.76. The van der Waals surface area contributed by atoms with E-state index in [0.29, 0.717) is 0 Å². The maximum Gasteiger partial charge on any atom is 0.125 e. The molecule has 0 aliphatic heterocycles. The molecule has 1 aliphatic rings. The normalized spacial score (nSPS) is 18.2. The Morgan fingerprint density at radius 2 is 2.05 bits per heavy atom. The van der Waals surface area contributed by atoms with Crippen molar-refractivity contribution < 1.29 is 4.39 Å². The fourth-order valence-electron chi connectivity index (χ4n) is 3.51. The van der Waals surface area contributed by atoms with E-state index in [4.69, 9.17) is 5.73 Å². The number of aryl methyl sites for hydroxylation is 1. The summed E-state index contributed by atoms with van der Waals surface area (Å²) in [6.45, 7) is 3.06. The largest absolute Gasteiger partial charge is 0.328 e. The number of nitrogens with two attached hydrogens (primary N) is 1. The van der Waals surface area contributed by atoms with Gasteiger partial charge in [0.1, 0.15) is 11.6 Å². The maximum atomic E-state index is 13.4. The number of imidazole rings is 1. The smallest absolute Gasteiger partial charge is 0.125 e. The van der Waals surface area contributed by atoms with Gasteiger partial charge in [-0.1, -0.05) is 26.2 Å². The molecule has 21 heavy (non-hydrogen) atoms.